The first kappa shape index (κ1) is 17.7. The van der Waals surface area contributed by atoms with E-state index in [0.717, 1.165) is 4.90 Å². The summed E-state index contributed by atoms with van der Waals surface area (Å²) >= 11 is 0. The monoisotopic (exact) mass is 333 g/mol. The van der Waals surface area contributed by atoms with E-state index in [1.54, 1.807) is 19.1 Å². The van der Waals surface area contributed by atoms with Gasteiger partial charge in [-0.15, -0.1) is 0 Å². The Labute approximate surface area is 139 Å². The van der Waals surface area contributed by atoms with Crippen molar-refractivity contribution < 1.29 is 28.7 Å². The number of hydrogen-bond donors (Lipinski definition) is 0. The maximum Gasteiger partial charge on any atom is 0.317 e. The van der Waals surface area contributed by atoms with E-state index in [0.29, 0.717) is 5.75 Å². The highest BCUT2D eigenvalue weighted by molar-refractivity contribution is 6.14. The van der Waals surface area contributed by atoms with Gasteiger partial charge in [-0.2, -0.15) is 0 Å². The fourth-order valence-electron chi connectivity index (χ4n) is 2.67. The minimum Gasteiger partial charge on any atom is -0.497 e. The van der Waals surface area contributed by atoms with Gasteiger partial charge in [-0.25, -0.2) is 0 Å². The van der Waals surface area contributed by atoms with Gasteiger partial charge in [0.25, 0.3) is 0 Å². The molecule has 0 saturated carbocycles. The molecule has 128 valence electrons. The third kappa shape index (κ3) is 3.29. The van der Waals surface area contributed by atoms with Crippen molar-refractivity contribution in [1.82, 2.24) is 4.90 Å². The quantitative estimate of drug-likeness (QED) is 0.335. The van der Waals surface area contributed by atoms with Crippen LogP contribution in [0, 0.1) is 11.8 Å². The predicted molar refractivity (Wildman–Crippen MR) is 83.3 cm³/mol. The van der Waals surface area contributed by atoms with Gasteiger partial charge in [0.1, 0.15) is 11.7 Å². The fourth-order valence-corrected chi connectivity index (χ4v) is 2.67. The molecule has 0 N–H and O–H groups in total. The molecule has 0 radical (unpaired) electrons. The molecule has 0 spiro atoms. The number of hydrogen-bond acceptors (Lipinski definition) is 6. The molecule has 2 atom stereocenters. The Balaban J connectivity index is 2.35. The molecular formula is C17H19NO6. The molecule has 2 amide bonds. The number of rotatable bonds is 6. The van der Waals surface area contributed by atoms with Gasteiger partial charge in [-0.05, 0) is 31.2 Å². The summed E-state index contributed by atoms with van der Waals surface area (Å²) in [4.78, 5) is 50.0. The highest BCUT2D eigenvalue weighted by atomic mass is 16.5. The number of carbonyl (C=O) groups is 4. The van der Waals surface area contributed by atoms with E-state index in [1.807, 2.05) is 0 Å². The summed E-state index contributed by atoms with van der Waals surface area (Å²) in [7, 11) is 2.83. The molecule has 1 aliphatic rings. The van der Waals surface area contributed by atoms with E-state index in [-0.39, 0.29) is 18.6 Å². The Hall–Kier alpha value is -2.70. The Morgan fingerprint density at radius 1 is 1.25 bits per heavy atom. The lowest BCUT2D eigenvalue weighted by Gasteiger charge is -2.19. The molecule has 1 saturated heterocycles. The maximum atomic E-state index is 12.8. The smallest absolute Gasteiger partial charge is 0.317 e. The summed E-state index contributed by atoms with van der Waals surface area (Å²) in [5.74, 6) is -4.10. The van der Waals surface area contributed by atoms with Crippen LogP contribution in [0.3, 0.4) is 0 Å². The van der Waals surface area contributed by atoms with Crippen molar-refractivity contribution in [3.05, 3.63) is 29.8 Å². The summed E-state index contributed by atoms with van der Waals surface area (Å²) in [5, 5.41) is 0. The lowest BCUT2D eigenvalue weighted by atomic mass is 9.84. The standard InChI is InChI=1S/C17H19NO6/c1-4-24-17(22)14(12-9-13(19)18(2)16(12)21)15(20)10-5-7-11(23-3)8-6-10/h5-8,12,14H,4,9H2,1-3H3/t12-,14?/m1/s1. The topological polar surface area (TPSA) is 90.0 Å². The Morgan fingerprint density at radius 2 is 1.88 bits per heavy atom. The van der Waals surface area contributed by atoms with Gasteiger partial charge >= 0.3 is 5.97 Å². The van der Waals surface area contributed by atoms with Gasteiger partial charge in [0.15, 0.2) is 5.78 Å². The van der Waals surface area contributed by atoms with Gasteiger partial charge < -0.3 is 9.47 Å². The van der Waals surface area contributed by atoms with Gasteiger partial charge in [-0.3, -0.25) is 24.1 Å². The van der Waals surface area contributed by atoms with Crippen LogP contribution in [-0.4, -0.2) is 49.2 Å². The highest BCUT2D eigenvalue weighted by Gasteiger charge is 2.48. The molecule has 24 heavy (non-hydrogen) atoms. The molecule has 1 aromatic carbocycles. The molecule has 0 aliphatic carbocycles. The summed E-state index contributed by atoms with van der Waals surface area (Å²) in [5.41, 5.74) is 0.253. The molecule has 1 aliphatic heterocycles. The first-order valence-corrected chi connectivity index (χ1v) is 7.56. The summed E-state index contributed by atoms with van der Waals surface area (Å²) in [6.45, 7) is 1.69. The number of nitrogens with zero attached hydrogens (tertiary/aromatic N) is 1. The number of methoxy groups -OCH3 is 1. The molecule has 7 nitrogen and oxygen atoms in total. The number of likely N-dealkylation sites (tertiary alicyclic amines) is 1. The summed E-state index contributed by atoms with van der Waals surface area (Å²) in [6.07, 6.45) is -0.180. The first-order valence-electron chi connectivity index (χ1n) is 7.56. The lowest BCUT2D eigenvalue weighted by Crippen LogP contribution is -2.37. The van der Waals surface area contributed by atoms with Crippen molar-refractivity contribution in [2.45, 2.75) is 13.3 Å². The van der Waals surface area contributed by atoms with E-state index >= 15 is 0 Å². The number of benzene rings is 1. The van der Waals surface area contributed by atoms with Crippen LogP contribution in [0.25, 0.3) is 0 Å². The number of esters is 1. The zero-order valence-electron chi connectivity index (χ0n) is 13.8. The number of ketones is 1. The van der Waals surface area contributed by atoms with Crippen molar-refractivity contribution in [1.29, 1.82) is 0 Å². The number of ether oxygens (including phenoxy) is 2. The zero-order chi connectivity index (χ0) is 17.9. The maximum absolute atomic E-state index is 12.8. The van der Waals surface area contributed by atoms with E-state index in [2.05, 4.69) is 0 Å². The van der Waals surface area contributed by atoms with Crippen LogP contribution in [0.1, 0.15) is 23.7 Å². The Morgan fingerprint density at radius 3 is 2.33 bits per heavy atom. The minimum atomic E-state index is -1.33. The van der Waals surface area contributed by atoms with Crippen LogP contribution in [-0.2, 0) is 19.1 Å². The van der Waals surface area contributed by atoms with Crippen molar-refractivity contribution in [3.8, 4) is 5.75 Å². The average Bonchev–Trinajstić information content (AvgIpc) is 2.83. The highest BCUT2D eigenvalue weighted by Crippen LogP contribution is 2.30. The SMILES string of the molecule is CCOC(=O)C(C(=O)c1ccc(OC)cc1)[C@H]1CC(=O)N(C)C1=O. The van der Waals surface area contributed by atoms with Crippen molar-refractivity contribution in [2.75, 3.05) is 20.8 Å². The van der Waals surface area contributed by atoms with Crippen LogP contribution < -0.4 is 4.74 Å². The second-order valence-corrected chi connectivity index (χ2v) is 5.42. The van der Waals surface area contributed by atoms with Crippen LogP contribution in [0.4, 0.5) is 0 Å². The van der Waals surface area contributed by atoms with E-state index in [4.69, 9.17) is 9.47 Å². The van der Waals surface area contributed by atoms with Gasteiger partial charge in [0.2, 0.25) is 11.8 Å². The second-order valence-electron chi connectivity index (χ2n) is 5.42. The van der Waals surface area contributed by atoms with Crippen LogP contribution >= 0.6 is 0 Å². The molecule has 2 rings (SSSR count). The molecule has 1 aromatic rings. The van der Waals surface area contributed by atoms with Gasteiger partial charge in [-0.1, -0.05) is 0 Å². The van der Waals surface area contributed by atoms with E-state index < -0.39 is 35.4 Å². The van der Waals surface area contributed by atoms with Crippen LogP contribution in [0.15, 0.2) is 24.3 Å². The molecule has 1 fully saturated rings. The van der Waals surface area contributed by atoms with Crippen molar-refractivity contribution in [3.63, 3.8) is 0 Å². The third-order valence-electron chi connectivity index (χ3n) is 4.02. The average molecular weight is 333 g/mol. The number of carbonyl (C=O) groups excluding carboxylic acids is 4. The molecule has 7 heteroatoms. The third-order valence-corrected chi connectivity index (χ3v) is 4.02. The Bertz CT molecular complexity index is 666. The predicted octanol–water partition coefficient (Wildman–Crippen LogP) is 1.06. The zero-order valence-corrected chi connectivity index (χ0v) is 13.8. The van der Waals surface area contributed by atoms with Crippen LogP contribution in [0.2, 0.25) is 0 Å². The molecule has 1 heterocycles. The minimum absolute atomic E-state index is 0.0793. The molecule has 1 unspecified atom stereocenters. The normalized spacial score (nSPS) is 18.5. The summed E-state index contributed by atoms with van der Waals surface area (Å²) in [6, 6.07) is 6.20. The molecule has 0 aromatic heterocycles. The van der Waals surface area contributed by atoms with Crippen molar-refractivity contribution in [2.24, 2.45) is 11.8 Å². The number of amides is 2. The molecule has 0 bridgehead atoms. The second kappa shape index (κ2) is 7.25. The Kier molecular flexibility index (Phi) is 5.33. The first-order chi connectivity index (χ1) is 11.4. The fraction of sp³-hybridized carbons (Fsp3) is 0.412. The van der Waals surface area contributed by atoms with E-state index in [1.165, 1.54) is 26.3 Å². The molecular weight excluding hydrogens is 314 g/mol. The number of imide groups is 1. The number of Topliss-reactive ketones (excluding diaryl/α,β-unsaturated/α-hetero) is 1. The largest absolute Gasteiger partial charge is 0.497 e. The summed E-state index contributed by atoms with van der Waals surface area (Å²) < 4.78 is 9.99. The van der Waals surface area contributed by atoms with Gasteiger partial charge in [0, 0.05) is 19.0 Å². The van der Waals surface area contributed by atoms with Crippen molar-refractivity contribution >= 4 is 23.6 Å². The van der Waals surface area contributed by atoms with E-state index in [9.17, 15) is 19.2 Å². The van der Waals surface area contributed by atoms with Gasteiger partial charge in [0.05, 0.1) is 19.6 Å². The lowest BCUT2D eigenvalue weighted by molar-refractivity contribution is -0.150. The van der Waals surface area contributed by atoms with Crippen LogP contribution in [0.5, 0.6) is 5.75 Å².